The second-order valence-electron chi connectivity index (χ2n) is 4.99. The van der Waals surface area contributed by atoms with Gasteiger partial charge in [0.05, 0.1) is 5.56 Å². The molecule has 0 N–H and O–H groups in total. The molecule has 0 aliphatic heterocycles. The Morgan fingerprint density at radius 1 is 1.35 bits per heavy atom. The second-order valence-corrected chi connectivity index (χ2v) is 7.23. The molecule has 1 atom stereocenters. The molecule has 1 aromatic carbocycles. The van der Waals surface area contributed by atoms with Crippen molar-refractivity contribution in [1.29, 1.82) is 0 Å². The monoisotopic (exact) mass is 380 g/mol. The third-order valence-electron chi connectivity index (χ3n) is 2.67. The van der Waals surface area contributed by atoms with Gasteiger partial charge in [-0.05, 0) is 52.0 Å². The van der Waals surface area contributed by atoms with Gasteiger partial charge in [-0.1, -0.05) is 32.5 Å². The molecular formula is C14H15BrClFO2S. The van der Waals surface area contributed by atoms with Crippen LogP contribution in [-0.2, 0) is 4.79 Å². The lowest BCUT2D eigenvalue weighted by Crippen LogP contribution is -2.10. The summed E-state index contributed by atoms with van der Waals surface area (Å²) in [5.74, 6) is -0.387. The van der Waals surface area contributed by atoms with Crippen molar-refractivity contribution in [2.75, 3.05) is 0 Å². The molecule has 0 aliphatic rings. The van der Waals surface area contributed by atoms with Crippen molar-refractivity contribution in [1.82, 2.24) is 0 Å². The van der Waals surface area contributed by atoms with Crippen molar-refractivity contribution in [3.63, 3.8) is 0 Å². The molecule has 0 aromatic heterocycles. The van der Waals surface area contributed by atoms with Gasteiger partial charge < -0.3 is 0 Å². The number of benzene rings is 1. The lowest BCUT2D eigenvalue weighted by atomic mass is 10.0. The largest absolute Gasteiger partial charge is 0.287 e. The van der Waals surface area contributed by atoms with E-state index < -0.39 is 11.1 Å². The highest BCUT2D eigenvalue weighted by Gasteiger charge is 2.19. The summed E-state index contributed by atoms with van der Waals surface area (Å²) in [6, 6.07) is 2.46. The van der Waals surface area contributed by atoms with Gasteiger partial charge in [0.2, 0.25) is 0 Å². The summed E-state index contributed by atoms with van der Waals surface area (Å²) in [6.07, 6.45) is 0.784. The fourth-order valence-electron chi connectivity index (χ4n) is 1.77. The van der Waals surface area contributed by atoms with Gasteiger partial charge in [0.25, 0.3) is 5.24 Å². The van der Waals surface area contributed by atoms with Crippen LogP contribution in [0.25, 0.3) is 0 Å². The summed E-state index contributed by atoms with van der Waals surface area (Å²) in [7, 11) is 0. The van der Waals surface area contributed by atoms with Crippen LogP contribution in [0.4, 0.5) is 4.39 Å². The molecule has 0 heterocycles. The average Bonchev–Trinajstić information content (AvgIpc) is 2.30. The first-order valence-corrected chi connectivity index (χ1v) is 8.11. The molecule has 1 rings (SSSR count). The Labute approximate surface area is 135 Å². The van der Waals surface area contributed by atoms with Gasteiger partial charge in [0, 0.05) is 15.3 Å². The first-order valence-electron chi connectivity index (χ1n) is 6.13. The lowest BCUT2D eigenvalue weighted by molar-refractivity contribution is -0.114. The quantitative estimate of drug-likeness (QED) is 0.515. The molecule has 2 nitrogen and oxygen atoms in total. The Hall–Kier alpha value is -0.390. The van der Waals surface area contributed by atoms with E-state index >= 15 is 0 Å². The maximum Gasteiger partial charge on any atom is 0.255 e. The topological polar surface area (TPSA) is 34.1 Å². The first kappa shape index (κ1) is 17.7. The van der Waals surface area contributed by atoms with Gasteiger partial charge >= 0.3 is 0 Å². The lowest BCUT2D eigenvalue weighted by Gasteiger charge is -2.13. The zero-order valence-electron chi connectivity index (χ0n) is 11.4. The minimum absolute atomic E-state index is 0.0148. The maximum atomic E-state index is 13.5. The van der Waals surface area contributed by atoms with Crippen LogP contribution in [-0.4, -0.2) is 10.4 Å². The summed E-state index contributed by atoms with van der Waals surface area (Å²) in [6.45, 7) is 5.96. The summed E-state index contributed by atoms with van der Waals surface area (Å²) in [5, 5.41) is -0.890. The molecule has 20 heavy (non-hydrogen) atoms. The van der Waals surface area contributed by atoms with Gasteiger partial charge in [-0.25, -0.2) is 4.39 Å². The summed E-state index contributed by atoms with van der Waals surface area (Å²) >= 11 is 9.50. The van der Waals surface area contributed by atoms with E-state index in [1.54, 1.807) is 0 Å². The van der Waals surface area contributed by atoms with Crippen LogP contribution in [0, 0.1) is 17.7 Å². The molecule has 1 aromatic rings. The third-order valence-corrected chi connectivity index (χ3v) is 4.95. The molecule has 0 amide bonds. The predicted molar refractivity (Wildman–Crippen MR) is 83.8 cm³/mol. The zero-order valence-corrected chi connectivity index (χ0v) is 14.5. The van der Waals surface area contributed by atoms with Crippen LogP contribution in [0.5, 0.6) is 0 Å². The van der Waals surface area contributed by atoms with Crippen LogP contribution in [0.2, 0.25) is 0 Å². The first-order chi connectivity index (χ1) is 9.22. The Balaban J connectivity index is 2.95. The molecular weight excluding hydrogens is 367 g/mol. The molecule has 1 unspecified atom stereocenters. The fourth-order valence-corrected chi connectivity index (χ4v) is 3.32. The second kappa shape index (κ2) is 7.57. The molecule has 0 bridgehead atoms. The Kier molecular flexibility index (Phi) is 6.69. The summed E-state index contributed by atoms with van der Waals surface area (Å²) < 4.78 is 14.0. The molecule has 6 heteroatoms. The van der Waals surface area contributed by atoms with Gasteiger partial charge in [-0.15, -0.1) is 0 Å². The fraction of sp³-hybridized carbons (Fsp3) is 0.429. The Morgan fingerprint density at radius 2 is 1.95 bits per heavy atom. The number of halogens is 3. The Bertz CT molecular complexity index is 534. The number of thioether (sulfide) groups is 1. The number of hydrogen-bond acceptors (Lipinski definition) is 3. The number of rotatable bonds is 5. The number of hydrogen-bond donors (Lipinski definition) is 0. The molecule has 0 radical (unpaired) electrons. The molecule has 110 valence electrons. The highest BCUT2D eigenvalue weighted by Crippen LogP contribution is 2.33. The highest BCUT2D eigenvalue weighted by molar-refractivity contribution is 9.10. The molecule has 0 fully saturated rings. The van der Waals surface area contributed by atoms with Gasteiger partial charge in [0.1, 0.15) is 5.82 Å². The number of carbonyl (C=O) groups is 2. The Morgan fingerprint density at radius 3 is 2.45 bits per heavy atom. The smallest absolute Gasteiger partial charge is 0.255 e. The van der Waals surface area contributed by atoms with Crippen molar-refractivity contribution in [3.05, 3.63) is 28.0 Å². The van der Waals surface area contributed by atoms with Crippen LogP contribution >= 0.6 is 39.3 Å². The van der Waals surface area contributed by atoms with E-state index in [1.165, 1.54) is 6.07 Å². The number of carbonyl (C=O) groups excluding carboxylic acids is 2. The van der Waals surface area contributed by atoms with Crippen molar-refractivity contribution in [3.8, 4) is 0 Å². The minimum atomic E-state index is -0.875. The standard InChI is InChI=1S/C14H15BrClFO2S/c1-7(2)4-8(3)14(19)20-12-5-9(13(16)18)11(17)6-10(12)15/h5-8H,4H2,1-3H3. The average molecular weight is 382 g/mol. The van der Waals surface area contributed by atoms with Crippen molar-refractivity contribution in [2.24, 2.45) is 11.8 Å². The van der Waals surface area contributed by atoms with Crippen LogP contribution in [0.3, 0.4) is 0 Å². The van der Waals surface area contributed by atoms with Crippen LogP contribution in [0.15, 0.2) is 21.5 Å². The molecule has 0 saturated carbocycles. The van der Waals surface area contributed by atoms with Crippen LogP contribution < -0.4 is 0 Å². The van der Waals surface area contributed by atoms with E-state index in [0.29, 0.717) is 15.3 Å². The van der Waals surface area contributed by atoms with E-state index in [4.69, 9.17) is 11.6 Å². The van der Waals surface area contributed by atoms with Gasteiger partial charge in [-0.3, -0.25) is 9.59 Å². The summed E-state index contributed by atoms with van der Waals surface area (Å²) in [5.41, 5.74) is -0.221. The minimum Gasteiger partial charge on any atom is -0.287 e. The molecule has 0 spiro atoms. The SMILES string of the molecule is CC(C)CC(C)C(=O)Sc1cc(C(=O)Cl)c(F)cc1Br. The van der Waals surface area contributed by atoms with Crippen molar-refractivity contribution < 1.29 is 14.0 Å². The van der Waals surface area contributed by atoms with E-state index in [9.17, 15) is 14.0 Å². The predicted octanol–water partition coefficient (Wildman–Crippen LogP) is 5.27. The van der Waals surface area contributed by atoms with E-state index in [1.807, 2.05) is 20.8 Å². The van der Waals surface area contributed by atoms with Gasteiger partial charge in [-0.2, -0.15) is 0 Å². The van der Waals surface area contributed by atoms with Crippen molar-refractivity contribution in [2.45, 2.75) is 32.1 Å². The van der Waals surface area contributed by atoms with Gasteiger partial charge in [0.15, 0.2) is 5.12 Å². The van der Waals surface area contributed by atoms with E-state index in [2.05, 4.69) is 15.9 Å². The normalized spacial score (nSPS) is 12.6. The zero-order chi connectivity index (χ0) is 15.4. The molecule has 0 saturated heterocycles. The third kappa shape index (κ3) is 4.86. The van der Waals surface area contributed by atoms with E-state index in [-0.39, 0.29) is 16.6 Å². The van der Waals surface area contributed by atoms with Crippen molar-refractivity contribution >= 4 is 49.7 Å². The van der Waals surface area contributed by atoms with Crippen LogP contribution in [0.1, 0.15) is 37.6 Å². The maximum absolute atomic E-state index is 13.5. The summed E-state index contributed by atoms with van der Waals surface area (Å²) in [4.78, 5) is 23.7. The van der Waals surface area contributed by atoms with E-state index in [0.717, 1.165) is 24.2 Å². The molecule has 0 aliphatic carbocycles. The highest BCUT2D eigenvalue weighted by atomic mass is 79.9.